The van der Waals surface area contributed by atoms with Crippen LogP contribution in [0.2, 0.25) is 0 Å². The summed E-state index contributed by atoms with van der Waals surface area (Å²) >= 11 is 0. The Labute approximate surface area is 182 Å². The molecule has 166 valence electrons. The van der Waals surface area contributed by atoms with Gasteiger partial charge in [0.05, 0.1) is 27.4 Å². The highest BCUT2D eigenvalue weighted by Crippen LogP contribution is 2.36. The second kappa shape index (κ2) is 10.1. The van der Waals surface area contributed by atoms with Gasteiger partial charge in [0.1, 0.15) is 19.0 Å². The average Bonchev–Trinajstić information content (AvgIpc) is 2.79. The fourth-order valence-electron chi connectivity index (χ4n) is 3.44. The molecule has 1 heterocycles. The number of benzene rings is 2. The largest absolute Gasteiger partial charge is 0.496 e. The van der Waals surface area contributed by atoms with Gasteiger partial charge in [-0.2, -0.15) is 0 Å². The first-order chi connectivity index (χ1) is 15.0. The topological polar surface area (TPSA) is 75.3 Å². The highest BCUT2D eigenvalue weighted by Gasteiger charge is 2.21. The number of fused-ring (bicyclic) bond motifs is 1. The Morgan fingerprint density at radius 1 is 0.935 bits per heavy atom. The number of carbonyl (C=O) groups is 1. The summed E-state index contributed by atoms with van der Waals surface area (Å²) in [5, 5.41) is 3.08. The van der Waals surface area contributed by atoms with Crippen molar-refractivity contribution in [2.45, 2.75) is 19.9 Å². The molecule has 2 aromatic rings. The van der Waals surface area contributed by atoms with Gasteiger partial charge < -0.3 is 29.0 Å². The van der Waals surface area contributed by atoms with Crippen LogP contribution in [0.25, 0.3) is 6.08 Å². The minimum absolute atomic E-state index is 0.176. The number of hydrogen-bond acceptors (Lipinski definition) is 6. The molecule has 0 saturated carbocycles. The minimum atomic E-state index is -0.217. The molecule has 2 aromatic carbocycles. The molecule has 0 saturated heterocycles. The second-order valence-corrected chi connectivity index (χ2v) is 7.42. The number of ether oxygens (including phenoxy) is 5. The van der Waals surface area contributed by atoms with E-state index in [1.165, 1.54) is 6.08 Å². The molecule has 0 fully saturated rings. The fourth-order valence-corrected chi connectivity index (χ4v) is 3.44. The van der Waals surface area contributed by atoms with Crippen LogP contribution in [0, 0.1) is 5.92 Å². The molecule has 1 aliphatic rings. The SMILES string of the molecule is COc1cc(OC)c(OC)cc1/C=C/C(=O)NC(c1ccc2c(c1)OCCO2)C(C)C. The third-order valence-corrected chi connectivity index (χ3v) is 5.04. The van der Waals surface area contributed by atoms with Crippen molar-refractivity contribution in [3.8, 4) is 28.7 Å². The lowest BCUT2D eigenvalue weighted by Gasteiger charge is -2.25. The number of nitrogens with one attached hydrogen (secondary N) is 1. The first-order valence-corrected chi connectivity index (χ1v) is 10.1. The van der Waals surface area contributed by atoms with Crippen LogP contribution in [-0.4, -0.2) is 40.5 Å². The van der Waals surface area contributed by atoms with Gasteiger partial charge in [0.15, 0.2) is 23.0 Å². The molecule has 1 N–H and O–H groups in total. The van der Waals surface area contributed by atoms with Crippen LogP contribution in [0.4, 0.5) is 0 Å². The van der Waals surface area contributed by atoms with E-state index in [0.29, 0.717) is 41.8 Å². The predicted octanol–water partition coefficient (Wildman–Crippen LogP) is 4.01. The van der Waals surface area contributed by atoms with Gasteiger partial charge >= 0.3 is 0 Å². The normalized spacial score (nSPS) is 13.7. The Kier molecular flexibility index (Phi) is 7.28. The number of hydrogen-bond donors (Lipinski definition) is 1. The highest BCUT2D eigenvalue weighted by atomic mass is 16.6. The molecule has 7 nitrogen and oxygen atoms in total. The van der Waals surface area contributed by atoms with Gasteiger partial charge in [-0.15, -0.1) is 0 Å². The highest BCUT2D eigenvalue weighted by molar-refractivity contribution is 5.92. The summed E-state index contributed by atoms with van der Waals surface area (Å²) in [5.74, 6) is 3.08. The van der Waals surface area contributed by atoms with Crippen LogP contribution < -0.4 is 29.0 Å². The summed E-state index contributed by atoms with van der Waals surface area (Å²) in [6.45, 7) is 5.18. The minimum Gasteiger partial charge on any atom is -0.496 e. The molecule has 0 radical (unpaired) electrons. The molecule has 0 spiro atoms. The van der Waals surface area contributed by atoms with E-state index in [1.807, 2.05) is 18.2 Å². The van der Waals surface area contributed by atoms with Crippen LogP contribution in [0.15, 0.2) is 36.4 Å². The zero-order chi connectivity index (χ0) is 22.4. The molecule has 1 amide bonds. The summed E-state index contributed by atoms with van der Waals surface area (Å²) in [4.78, 5) is 12.7. The van der Waals surface area contributed by atoms with Crippen LogP contribution in [0.3, 0.4) is 0 Å². The van der Waals surface area contributed by atoms with E-state index in [9.17, 15) is 4.79 Å². The maximum absolute atomic E-state index is 12.7. The maximum Gasteiger partial charge on any atom is 0.244 e. The third kappa shape index (κ3) is 5.23. The Morgan fingerprint density at radius 2 is 1.58 bits per heavy atom. The van der Waals surface area contributed by atoms with Crippen molar-refractivity contribution >= 4 is 12.0 Å². The summed E-state index contributed by atoms with van der Waals surface area (Å²) in [6, 6.07) is 9.08. The first kappa shape index (κ1) is 22.3. The Hall–Kier alpha value is -3.35. The molecule has 0 bridgehead atoms. The Balaban J connectivity index is 1.79. The molecule has 1 atom stereocenters. The smallest absolute Gasteiger partial charge is 0.244 e. The standard InChI is InChI=1S/C24H29NO6/c1-15(2)24(17-6-8-18-22(13-17)31-11-10-30-18)25-23(26)9-7-16-12-20(28-4)21(29-5)14-19(16)27-3/h6-9,12-15,24H,10-11H2,1-5H3,(H,25,26)/b9-7+. The molecule has 3 rings (SSSR count). The number of amides is 1. The van der Waals surface area contributed by atoms with E-state index >= 15 is 0 Å². The van der Waals surface area contributed by atoms with Gasteiger partial charge in [0.25, 0.3) is 0 Å². The molecule has 0 aromatic heterocycles. The van der Waals surface area contributed by atoms with E-state index in [2.05, 4.69) is 19.2 Å². The van der Waals surface area contributed by atoms with E-state index in [0.717, 1.165) is 11.3 Å². The van der Waals surface area contributed by atoms with E-state index in [-0.39, 0.29) is 17.9 Å². The molecular weight excluding hydrogens is 398 g/mol. The van der Waals surface area contributed by atoms with Gasteiger partial charge in [-0.25, -0.2) is 0 Å². The quantitative estimate of drug-likeness (QED) is 0.642. The van der Waals surface area contributed by atoms with E-state index < -0.39 is 0 Å². The number of rotatable bonds is 8. The summed E-state index contributed by atoms with van der Waals surface area (Å²) in [6.07, 6.45) is 3.18. The van der Waals surface area contributed by atoms with Gasteiger partial charge in [0, 0.05) is 17.7 Å². The Morgan fingerprint density at radius 3 is 2.23 bits per heavy atom. The molecular formula is C24H29NO6. The van der Waals surface area contributed by atoms with Crippen LogP contribution in [0.5, 0.6) is 28.7 Å². The van der Waals surface area contributed by atoms with Crippen molar-refractivity contribution in [1.82, 2.24) is 5.32 Å². The molecule has 0 aliphatic carbocycles. The number of methoxy groups -OCH3 is 3. The summed E-state index contributed by atoms with van der Waals surface area (Å²) in [5.41, 5.74) is 1.67. The van der Waals surface area contributed by atoms with Crippen LogP contribution in [0.1, 0.15) is 31.0 Å². The molecule has 1 unspecified atom stereocenters. The fraction of sp³-hybridized carbons (Fsp3) is 0.375. The van der Waals surface area contributed by atoms with Crippen molar-refractivity contribution < 1.29 is 28.5 Å². The Bertz CT molecular complexity index is 953. The zero-order valence-corrected chi connectivity index (χ0v) is 18.6. The van der Waals surface area contributed by atoms with E-state index in [1.54, 1.807) is 39.5 Å². The van der Waals surface area contributed by atoms with Crippen molar-refractivity contribution in [1.29, 1.82) is 0 Å². The number of carbonyl (C=O) groups excluding carboxylic acids is 1. The predicted molar refractivity (Wildman–Crippen MR) is 118 cm³/mol. The second-order valence-electron chi connectivity index (χ2n) is 7.42. The van der Waals surface area contributed by atoms with Crippen molar-refractivity contribution in [2.24, 2.45) is 5.92 Å². The van der Waals surface area contributed by atoms with Crippen LogP contribution >= 0.6 is 0 Å². The maximum atomic E-state index is 12.7. The van der Waals surface area contributed by atoms with Gasteiger partial charge in [-0.1, -0.05) is 19.9 Å². The lowest BCUT2D eigenvalue weighted by Crippen LogP contribution is -2.30. The zero-order valence-electron chi connectivity index (χ0n) is 18.6. The monoisotopic (exact) mass is 427 g/mol. The lowest BCUT2D eigenvalue weighted by molar-refractivity contribution is -0.117. The van der Waals surface area contributed by atoms with Gasteiger partial charge in [-0.3, -0.25) is 4.79 Å². The summed E-state index contributed by atoms with van der Waals surface area (Å²) < 4.78 is 27.3. The average molecular weight is 427 g/mol. The van der Waals surface area contributed by atoms with Crippen molar-refractivity contribution in [3.05, 3.63) is 47.5 Å². The van der Waals surface area contributed by atoms with Crippen molar-refractivity contribution in [3.63, 3.8) is 0 Å². The summed E-state index contributed by atoms with van der Waals surface area (Å²) in [7, 11) is 4.69. The van der Waals surface area contributed by atoms with Crippen LogP contribution in [-0.2, 0) is 4.79 Å². The van der Waals surface area contributed by atoms with Gasteiger partial charge in [-0.05, 0) is 35.8 Å². The van der Waals surface area contributed by atoms with Gasteiger partial charge in [0.2, 0.25) is 5.91 Å². The lowest BCUT2D eigenvalue weighted by atomic mass is 9.95. The van der Waals surface area contributed by atoms with E-state index in [4.69, 9.17) is 23.7 Å². The molecule has 1 aliphatic heterocycles. The molecule has 31 heavy (non-hydrogen) atoms. The molecule has 7 heteroatoms. The first-order valence-electron chi connectivity index (χ1n) is 10.1. The van der Waals surface area contributed by atoms with Crippen molar-refractivity contribution in [2.75, 3.05) is 34.5 Å². The third-order valence-electron chi connectivity index (χ3n) is 5.04.